The average Bonchev–Trinajstić information content (AvgIpc) is 2.88. The van der Waals surface area contributed by atoms with Crippen molar-refractivity contribution in [2.75, 3.05) is 45.2 Å². The third-order valence-corrected chi connectivity index (χ3v) is 7.27. The number of anilines is 1. The van der Waals surface area contributed by atoms with Crippen molar-refractivity contribution in [3.8, 4) is 17.1 Å². The molecule has 4 N–H and O–H groups in total. The van der Waals surface area contributed by atoms with Crippen LogP contribution in [0.4, 0.5) is 5.69 Å². The van der Waals surface area contributed by atoms with Crippen LogP contribution >= 0.6 is 11.9 Å². The van der Waals surface area contributed by atoms with Crippen LogP contribution in [0.25, 0.3) is 11.4 Å². The van der Waals surface area contributed by atoms with Crippen molar-refractivity contribution in [1.29, 1.82) is 5.41 Å². The minimum absolute atomic E-state index is 0.166. The minimum atomic E-state index is -0.744. The van der Waals surface area contributed by atoms with Crippen molar-refractivity contribution >= 4 is 23.3 Å². The van der Waals surface area contributed by atoms with E-state index in [2.05, 4.69) is 29.7 Å². The second kappa shape index (κ2) is 15.4. The van der Waals surface area contributed by atoms with Crippen LogP contribution in [0.3, 0.4) is 0 Å². The number of H-pyrrole nitrogens is 1. The number of benzene rings is 1. The third kappa shape index (κ3) is 8.94. The number of hydrogen-bond acceptors (Lipinski definition) is 11. The van der Waals surface area contributed by atoms with Gasteiger partial charge in [-0.25, -0.2) is 9.29 Å². The maximum absolute atomic E-state index is 12.8. The molecule has 214 valence electrons. The van der Waals surface area contributed by atoms with Crippen LogP contribution in [0.1, 0.15) is 58.1 Å². The molecule has 1 saturated heterocycles. The van der Waals surface area contributed by atoms with Gasteiger partial charge in [0.15, 0.2) is 0 Å². The first-order valence-corrected chi connectivity index (χ1v) is 14.2. The number of ether oxygens (including phenoxy) is 1. The molecule has 2 aromatic rings. The summed E-state index contributed by atoms with van der Waals surface area (Å²) in [5.74, 6) is 1.01. The van der Waals surface area contributed by atoms with E-state index in [-0.39, 0.29) is 12.2 Å². The zero-order chi connectivity index (χ0) is 28.2. The van der Waals surface area contributed by atoms with E-state index < -0.39 is 5.09 Å². The molecule has 1 aromatic heterocycles. The Labute approximate surface area is 233 Å². The summed E-state index contributed by atoms with van der Waals surface area (Å²) in [6.45, 7) is 7.29. The molecule has 0 radical (unpaired) electrons. The molecule has 0 aliphatic carbocycles. The fourth-order valence-corrected chi connectivity index (χ4v) is 5.38. The van der Waals surface area contributed by atoms with Gasteiger partial charge in [0.25, 0.3) is 10.6 Å². The predicted molar refractivity (Wildman–Crippen MR) is 153 cm³/mol. The molecule has 1 aromatic carbocycles. The van der Waals surface area contributed by atoms with Crippen LogP contribution in [-0.2, 0) is 4.84 Å². The summed E-state index contributed by atoms with van der Waals surface area (Å²) in [5, 5.41) is 24.3. The van der Waals surface area contributed by atoms with Crippen molar-refractivity contribution in [3.05, 3.63) is 44.4 Å². The maximum Gasteiger partial charge on any atom is 0.294 e. The largest absolute Gasteiger partial charge is 0.493 e. The SMILES string of the molecule is CCCC(=N)c1nc(-c2cc(SN3CC(NCCCCCCO[N+](=O)[O-])C3)ccc2OCC)[nH]c(=O)c1NC. The van der Waals surface area contributed by atoms with E-state index in [1.807, 2.05) is 32.0 Å². The number of rotatable bonds is 18. The molecule has 0 bridgehead atoms. The summed E-state index contributed by atoms with van der Waals surface area (Å²) in [7, 11) is 1.66. The van der Waals surface area contributed by atoms with Crippen molar-refractivity contribution in [1.82, 2.24) is 19.6 Å². The zero-order valence-electron chi connectivity index (χ0n) is 22.9. The molecular weight excluding hydrogens is 522 g/mol. The molecule has 3 rings (SSSR count). The van der Waals surface area contributed by atoms with E-state index in [0.29, 0.717) is 59.7 Å². The summed E-state index contributed by atoms with van der Waals surface area (Å²) >= 11 is 1.65. The lowest BCUT2D eigenvalue weighted by molar-refractivity contribution is -0.757. The van der Waals surface area contributed by atoms with Gasteiger partial charge in [-0.15, -0.1) is 10.1 Å². The van der Waals surface area contributed by atoms with Crippen LogP contribution in [0.15, 0.2) is 27.9 Å². The van der Waals surface area contributed by atoms with E-state index in [1.54, 1.807) is 19.0 Å². The van der Waals surface area contributed by atoms with Gasteiger partial charge in [0.05, 0.1) is 24.5 Å². The highest BCUT2D eigenvalue weighted by Crippen LogP contribution is 2.35. The van der Waals surface area contributed by atoms with Gasteiger partial charge in [-0.1, -0.05) is 26.2 Å². The molecule has 0 spiro atoms. The van der Waals surface area contributed by atoms with Gasteiger partial charge in [0, 0.05) is 31.1 Å². The van der Waals surface area contributed by atoms with Crippen molar-refractivity contribution in [3.63, 3.8) is 0 Å². The summed E-state index contributed by atoms with van der Waals surface area (Å²) in [5.41, 5.74) is 1.34. The highest BCUT2D eigenvalue weighted by atomic mass is 32.2. The first kappa shape index (κ1) is 30.4. The monoisotopic (exact) mass is 561 g/mol. The lowest BCUT2D eigenvalue weighted by atomic mass is 10.1. The van der Waals surface area contributed by atoms with Gasteiger partial charge in [-0.3, -0.25) is 4.79 Å². The van der Waals surface area contributed by atoms with Gasteiger partial charge in [0.2, 0.25) is 0 Å². The molecule has 12 nitrogen and oxygen atoms in total. The van der Waals surface area contributed by atoms with Crippen molar-refractivity contribution in [2.24, 2.45) is 0 Å². The molecule has 1 fully saturated rings. The van der Waals surface area contributed by atoms with Crippen molar-refractivity contribution in [2.45, 2.75) is 63.3 Å². The van der Waals surface area contributed by atoms with E-state index >= 15 is 0 Å². The highest BCUT2D eigenvalue weighted by Gasteiger charge is 2.27. The van der Waals surface area contributed by atoms with E-state index in [4.69, 9.17) is 10.1 Å². The van der Waals surface area contributed by atoms with Crippen LogP contribution in [-0.4, -0.2) is 71.0 Å². The summed E-state index contributed by atoms with van der Waals surface area (Å²) in [6, 6.07) is 6.31. The minimum Gasteiger partial charge on any atom is -0.493 e. The molecule has 0 saturated carbocycles. The maximum atomic E-state index is 12.8. The standard InChI is InChI=1S/C26H39N7O5S/c1-4-10-21(27)23-24(28-3)26(34)31-25(30-23)20-15-19(11-12-22(20)37-5-2)39-32-16-18(17-32)29-13-8-6-7-9-14-38-33(35)36/h11-12,15,18,27-29H,4-10,13-14,16-17H2,1-3H3,(H,30,31,34). The predicted octanol–water partition coefficient (Wildman–Crippen LogP) is 4.09. The van der Waals surface area contributed by atoms with Crippen LogP contribution in [0, 0.1) is 15.5 Å². The molecule has 1 aliphatic heterocycles. The Hall–Kier alpha value is -3.16. The lowest BCUT2D eigenvalue weighted by Gasteiger charge is -2.38. The van der Waals surface area contributed by atoms with E-state index in [9.17, 15) is 14.9 Å². The Morgan fingerprint density at radius 3 is 2.74 bits per heavy atom. The second-order valence-corrected chi connectivity index (χ2v) is 10.4. The van der Waals surface area contributed by atoms with Gasteiger partial charge < -0.3 is 30.6 Å². The average molecular weight is 562 g/mol. The van der Waals surface area contributed by atoms with Crippen LogP contribution in [0.2, 0.25) is 0 Å². The van der Waals surface area contributed by atoms with Gasteiger partial charge in [0.1, 0.15) is 23.0 Å². The second-order valence-electron chi connectivity index (χ2n) is 9.27. The fraction of sp³-hybridized carbons (Fsp3) is 0.577. The Morgan fingerprint density at radius 1 is 1.28 bits per heavy atom. The van der Waals surface area contributed by atoms with E-state index in [1.165, 1.54) is 0 Å². The van der Waals surface area contributed by atoms with Crippen LogP contribution in [0.5, 0.6) is 5.75 Å². The normalized spacial score (nSPS) is 13.6. The first-order chi connectivity index (χ1) is 18.9. The fourth-order valence-electron chi connectivity index (χ4n) is 4.27. The van der Waals surface area contributed by atoms with Crippen molar-refractivity contribution < 1.29 is 14.7 Å². The summed E-state index contributed by atoms with van der Waals surface area (Å²) < 4.78 is 8.12. The number of aromatic amines is 1. The lowest BCUT2D eigenvalue weighted by Crippen LogP contribution is -2.54. The number of nitrogens with zero attached hydrogens (tertiary/aromatic N) is 3. The first-order valence-electron chi connectivity index (χ1n) is 13.5. The molecule has 0 unspecified atom stereocenters. The Bertz CT molecular complexity index is 1170. The number of hydrogen-bond donors (Lipinski definition) is 4. The molecule has 39 heavy (non-hydrogen) atoms. The Balaban J connectivity index is 1.59. The summed E-state index contributed by atoms with van der Waals surface area (Å²) in [6.07, 6.45) is 4.97. The Kier molecular flexibility index (Phi) is 12.0. The van der Waals surface area contributed by atoms with Crippen LogP contribution < -0.4 is 20.9 Å². The molecule has 13 heteroatoms. The quantitative estimate of drug-likeness (QED) is 0.0686. The smallest absolute Gasteiger partial charge is 0.294 e. The topological polar surface area (TPSA) is 159 Å². The number of nitrogens with one attached hydrogen (secondary N) is 4. The van der Waals surface area contributed by atoms with Gasteiger partial charge >= 0.3 is 0 Å². The molecular formula is C26H39N7O5S. The molecule has 0 atom stereocenters. The van der Waals surface area contributed by atoms with Gasteiger partial charge in [-0.05, 0) is 62.9 Å². The van der Waals surface area contributed by atoms with E-state index in [0.717, 1.165) is 50.2 Å². The van der Waals surface area contributed by atoms with Gasteiger partial charge in [-0.2, -0.15) is 0 Å². The Morgan fingerprint density at radius 2 is 2.05 bits per heavy atom. The highest BCUT2D eigenvalue weighted by molar-refractivity contribution is 7.97. The molecule has 0 amide bonds. The number of unbranched alkanes of at least 4 members (excludes halogenated alkanes) is 3. The molecule has 1 aliphatic rings. The zero-order valence-corrected chi connectivity index (χ0v) is 23.7. The number of aromatic nitrogens is 2. The summed E-state index contributed by atoms with van der Waals surface area (Å²) in [4.78, 5) is 35.9. The third-order valence-electron chi connectivity index (χ3n) is 6.24. The molecule has 2 heterocycles.